The average molecular weight is 181 g/mol. The van der Waals surface area contributed by atoms with Crippen LogP contribution in [0.1, 0.15) is 31.3 Å². The lowest BCUT2D eigenvalue weighted by atomic mass is 10.1. The van der Waals surface area contributed by atoms with Crippen molar-refractivity contribution in [1.29, 1.82) is 0 Å². The standard InChI is InChI=1S/C10H12N2O/c1-12-9(4-5-10(12)13)8-3-2-6-11-7-8/h2-3,6-7,9H,4-5H2,1H3/t9-/m0/s1/i1D3,5D2. The Morgan fingerprint density at radius 2 is 2.77 bits per heavy atom. The van der Waals surface area contributed by atoms with E-state index in [1.54, 1.807) is 12.1 Å². The van der Waals surface area contributed by atoms with Gasteiger partial charge in [0.25, 0.3) is 0 Å². The van der Waals surface area contributed by atoms with Gasteiger partial charge in [-0.1, -0.05) is 6.07 Å². The predicted octanol–water partition coefficient (Wildman–Crippen LogP) is 1.37. The zero-order chi connectivity index (χ0) is 13.6. The maximum atomic E-state index is 11.8. The summed E-state index contributed by atoms with van der Waals surface area (Å²) in [5, 5.41) is 0. The van der Waals surface area contributed by atoms with E-state index in [0.717, 1.165) is 0 Å². The molecule has 1 fully saturated rings. The molecule has 0 radical (unpaired) electrons. The molecule has 0 aliphatic carbocycles. The van der Waals surface area contributed by atoms with Crippen molar-refractivity contribution in [2.24, 2.45) is 0 Å². The van der Waals surface area contributed by atoms with Gasteiger partial charge in [-0.3, -0.25) is 9.78 Å². The van der Waals surface area contributed by atoms with E-state index in [1.165, 1.54) is 12.4 Å². The van der Waals surface area contributed by atoms with Crippen molar-refractivity contribution in [3.05, 3.63) is 30.1 Å². The van der Waals surface area contributed by atoms with Crippen LogP contribution in [-0.2, 0) is 4.79 Å². The molecule has 1 amide bonds. The van der Waals surface area contributed by atoms with Gasteiger partial charge in [-0.2, -0.15) is 0 Å². The SMILES string of the molecule is [2H]C1([2H])C[C@@H](c2cccnc2)N(C([2H])([2H])[2H])C1=O. The Balaban J connectivity index is 2.44. The molecule has 0 unspecified atom stereocenters. The molecule has 1 aromatic rings. The number of hydrogen-bond donors (Lipinski definition) is 0. The summed E-state index contributed by atoms with van der Waals surface area (Å²) in [4.78, 5) is 16.3. The third-order valence-electron chi connectivity index (χ3n) is 2.05. The van der Waals surface area contributed by atoms with Gasteiger partial charge < -0.3 is 4.90 Å². The van der Waals surface area contributed by atoms with Crippen molar-refractivity contribution in [2.45, 2.75) is 18.8 Å². The number of carbonyl (C=O) groups is 1. The minimum Gasteiger partial charge on any atom is -0.339 e. The van der Waals surface area contributed by atoms with Gasteiger partial charge in [-0.25, -0.2) is 0 Å². The zero-order valence-corrected chi connectivity index (χ0v) is 6.90. The fourth-order valence-electron chi connectivity index (χ4n) is 1.34. The second kappa shape index (κ2) is 3.17. The van der Waals surface area contributed by atoms with Crippen LogP contribution in [0.15, 0.2) is 24.5 Å². The molecule has 0 N–H and O–H groups in total. The van der Waals surface area contributed by atoms with Gasteiger partial charge in [0.15, 0.2) is 0 Å². The van der Waals surface area contributed by atoms with E-state index < -0.39 is 25.3 Å². The van der Waals surface area contributed by atoms with Crippen LogP contribution in [0.5, 0.6) is 0 Å². The van der Waals surface area contributed by atoms with E-state index in [-0.39, 0.29) is 6.42 Å². The lowest BCUT2D eigenvalue weighted by Gasteiger charge is -2.19. The first-order chi connectivity index (χ1) is 8.23. The normalized spacial score (nSPS) is 32.9. The van der Waals surface area contributed by atoms with Crippen LogP contribution >= 0.6 is 0 Å². The van der Waals surface area contributed by atoms with Crippen LogP contribution < -0.4 is 0 Å². The van der Waals surface area contributed by atoms with E-state index in [4.69, 9.17) is 6.85 Å². The summed E-state index contributed by atoms with van der Waals surface area (Å²) < 4.78 is 37.3. The fourth-order valence-corrected chi connectivity index (χ4v) is 1.34. The summed E-state index contributed by atoms with van der Waals surface area (Å²) in [6, 6.07) is 2.48. The third-order valence-corrected chi connectivity index (χ3v) is 2.05. The highest BCUT2D eigenvalue weighted by molar-refractivity contribution is 5.78. The number of carbonyl (C=O) groups excluding carboxylic acids is 1. The zero-order valence-electron chi connectivity index (χ0n) is 11.9. The Labute approximate surface area is 84.4 Å². The highest BCUT2D eigenvalue weighted by Crippen LogP contribution is 2.30. The maximum Gasteiger partial charge on any atom is 0.222 e. The van der Waals surface area contributed by atoms with Gasteiger partial charge in [0.05, 0.1) is 6.04 Å². The Morgan fingerprint density at radius 1 is 1.85 bits per heavy atom. The fraction of sp³-hybridized carbons (Fsp3) is 0.400. The number of likely N-dealkylation sites (tertiary alicyclic amines) is 1. The van der Waals surface area contributed by atoms with Crippen molar-refractivity contribution >= 4 is 5.91 Å². The average Bonchev–Trinajstić information content (AvgIpc) is 2.51. The Morgan fingerprint density at radius 3 is 3.46 bits per heavy atom. The van der Waals surface area contributed by atoms with Crippen LogP contribution in [-0.4, -0.2) is 22.8 Å². The van der Waals surface area contributed by atoms with Gasteiger partial charge in [0, 0.05) is 32.6 Å². The second-order valence-electron chi connectivity index (χ2n) is 2.86. The quantitative estimate of drug-likeness (QED) is 0.655. The molecule has 3 nitrogen and oxygen atoms in total. The molecule has 13 heavy (non-hydrogen) atoms. The smallest absolute Gasteiger partial charge is 0.222 e. The summed E-state index contributed by atoms with van der Waals surface area (Å²) in [6.07, 6.45) is 0.678. The van der Waals surface area contributed by atoms with Crippen molar-refractivity contribution in [2.75, 3.05) is 6.98 Å². The minimum atomic E-state index is -2.65. The number of amides is 1. The monoisotopic (exact) mass is 181 g/mol. The molecule has 3 heteroatoms. The third kappa shape index (κ3) is 1.41. The van der Waals surface area contributed by atoms with Crippen LogP contribution in [0.4, 0.5) is 0 Å². The highest BCUT2D eigenvalue weighted by atomic mass is 16.2. The maximum absolute atomic E-state index is 11.8. The Hall–Kier alpha value is -1.38. The molecular formula is C10H12N2O. The van der Waals surface area contributed by atoms with Crippen LogP contribution in [0.3, 0.4) is 0 Å². The lowest BCUT2D eigenvalue weighted by molar-refractivity contribution is -0.127. The molecule has 0 saturated carbocycles. The van der Waals surface area contributed by atoms with E-state index in [2.05, 4.69) is 4.98 Å². The van der Waals surface area contributed by atoms with E-state index >= 15 is 0 Å². The summed E-state index contributed by atoms with van der Waals surface area (Å²) in [7, 11) is 0. The summed E-state index contributed by atoms with van der Waals surface area (Å²) in [5.41, 5.74) is 0.531. The summed E-state index contributed by atoms with van der Waals surface area (Å²) >= 11 is 0. The van der Waals surface area contributed by atoms with Crippen LogP contribution in [0.25, 0.3) is 0 Å². The topological polar surface area (TPSA) is 33.2 Å². The molecule has 1 aliphatic rings. The molecule has 0 aromatic carbocycles. The molecule has 1 aromatic heterocycles. The molecular weight excluding hydrogens is 164 g/mol. The van der Waals surface area contributed by atoms with Gasteiger partial charge in [-0.15, -0.1) is 0 Å². The first kappa shape index (κ1) is 4.22. The number of nitrogens with zero attached hydrogens (tertiary/aromatic N) is 2. The summed E-state index contributed by atoms with van der Waals surface area (Å²) in [5.74, 6) is -0.989. The van der Waals surface area contributed by atoms with Gasteiger partial charge in [-0.05, 0) is 18.1 Å². The van der Waals surface area contributed by atoms with Crippen LogP contribution in [0.2, 0.25) is 0 Å². The van der Waals surface area contributed by atoms with Crippen molar-refractivity contribution < 1.29 is 11.6 Å². The highest BCUT2D eigenvalue weighted by Gasteiger charge is 2.28. The summed E-state index contributed by atoms with van der Waals surface area (Å²) in [6.45, 7) is -2.65. The second-order valence-corrected chi connectivity index (χ2v) is 2.86. The van der Waals surface area contributed by atoms with E-state index in [1.807, 2.05) is 0 Å². The predicted molar refractivity (Wildman–Crippen MR) is 49.0 cm³/mol. The molecule has 0 bridgehead atoms. The van der Waals surface area contributed by atoms with Gasteiger partial charge >= 0.3 is 0 Å². The van der Waals surface area contributed by atoms with Gasteiger partial charge in [0.2, 0.25) is 5.91 Å². The molecule has 0 spiro atoms. The largest absolute Gasteiger partial charge is 0.339 e. The van der Waals surface area contributed by atoms with E-state index in [0.29, 0.717) is 10.5 Å². The van der Waals surface area contributed by atoms with Crippen molar-refractivity contribution in [1.82, 2.24) is 9.88 Å². The van der Waals surface area contributed by atoms with Gasteiger partial charge in [0.1, 0.15) is 0 Å². The first-order valence-electron chi connectivity index (χ1n) is 6.47. The van der Waals surface area contributed by atoms with Crippen LogP contribution in [0, 0.1) is 0 Å². The number of aromatic nitrogens is 1. The number of rotatable bonds is 1. The Bertz CT molecular complexity index is 459. The Kier molecular flexibility index (Phi) is 1.03. The molecule has 1 aliphatic heterocycles. The van der Waals surface area contributed by atoms with E-state index in [9.17, 15) is 4.79 Å². The number of hydrogen-bond acceptors (Lipinski definition) is 2. The molecule has 2 rings (SSSR count). The molecule has 2 heterocycles. The molecule has 1 atom stereocenters. The first-order valence-corrected chi connectivity index (χ1v) is 3.97. The number of pyridine rings is 1. The molecule has 68 valence electrons. The minimum absolute atomic E-state index is 0.171. The molecule has 1 saturated heterocycles. The lowest BCUT2D eigenvalue weighted by Crippen LogP contribution is -2.22. The van der Waals surface area contributed by atoms with Crippen molar-refractivity contribution in [3.8, 4) is 0 Å². The van der Waals surface area contributed by atoms with Crippen molar-refractivity contribution in [3.63, 3.8) is 0 Å².